The summed E-state index contributed by atoms with van der Waals surface area (Å²) in [6.45, 7) is 0. The molecule has 3 N–H and O–H groups in total. The lowest BCUT2D eigenvalue weighted by molar-refractivity contribution is -0.148. The van der Waals surface area contributed by atoms with Crippen LogP contribution in [0.3, 0.4) is 0 Å². The van der Waals surface area contributed by atoms with Gasteiger partial charge in [-0.2, -0.15) is 0 Å². The Morgan fingerprint density at radius 1 is 1.37 bits per heavy atom. The lowest BCUT2D eigenvalue weighted by atomic mass is 9.77. The molecule has 0 atom stereocenters. The van der Waals surface area contributed by atoms with Crippen molar-refractivity contribution in [3.8, 4) is 0 Å². The number of hydrogen-bond acceptors (Lipinski definition) is 2. The summed E-state index contributed by atoms with van der Waals surface area (Å²) in [6, 6.07) is 2.82. The lowest BCUT2D eigenvalue weighted by Gasteiger charge is -2.38. The normalized spacial score (nSPS) is 16.3. The first-order valence-electron chi connectivity index (χ1n) is 5.70. The molecule has 1 aromatic rings. The maximum Gasteiger partial charge on any atom is 0.329 e. The smallest absolute Gasteiger partial charge is 0.329 e. The molecule has 1 aliphatic carbocycles. The highest BCUT2D eigenvalue weighted by atomic mass is 35.5. The fourth-order valence-corrected chi connectivity index (χ4v) is 2.05. The summed E-state index contributed by atoms with van der Waals surface area (Å²) in [5.74, 6) is -1.62. The summed E-state index contributed by atoms with van der Waals surface area (Å²) in [5, 5.41) is 14.0. The van der Waals surface area contributed by atoms with E-state index in [4.69, 9.17) is 16.7 Å². The summed E-state index contributed by atoms with van der Waals surface area (Å²) in [4.78, 5) is 22.8. The number of carbonyl (C=O) groups excluding carboxylic acids is 1. The number of anilines is 1. The van der Waals surface area contributed by atoms with Crippen LogP contribution in [-0.4, -0.2) is 22.6 Å². The molecule has 1 fully saturated rings. The van der Waals surface area contributed by atoms with Crippen molar-refractivity contribution >= 4 is 29.3 Å². The second-order valence-corrected chi connectivity index (χ2v) is 4.85. The molecule has 5 nitrogen and oxygen atoms in total. The van der Waals surface area contributed by atoms with Crippen LogP contribution < -0.4 is 10.6 Å². The minimum absolute atomic E-state index is 0.0963. The van der Waals surface area contributed by atoms with Crippen LogP contribution in [0.5, 0.6) is 0 Å². The number of aliphatic carboxylic acids is 1. The minimum atomic E-state index is -1.22. The van der Waals surface area contributed by atoms with Gasteiger partial charge in [-0.3, -0.25) is 0 Å². The van der Waals surface area contributed by atoms with Crippen molar-refractivity contribution in [3.63, 3.8) is 0 Å². The molecule has 2 rings (SSSR count). The van der Waals surface area contributed by atoms with Crippen LogP contribution in [0.1, 0.15) is 19.3 Å². The third-order valence-electron chi connectivity index (χ3n) is 3.15. The molecule has 0 spiro atoms. The highest BCUT2D eigenvalue weighted by Gasteiger charge is 2.45. The number of urea groups is 1. The van der Waals surface area contributed by atoms with Gasteiger partial charge in [0, 0.05) is 0 Å². The van der Waals surface area contributed by atoms with Gasteiger partial charge in [0.15, 0.2) is 0 Å². The Hall–Kier alpha value is -1.82. The number of carboxylic acids is 1. The zero-order valence-corrected chi connectivity index (χ0v) is 10.6. The Morgan fingerprint density at radius 3 is 2.58 bits per heavy atom. The van der Waals surface area contributed by atoms with Gasteiger partial charge in [0.2, 0.25) is 0 Å². The number of rotatable bonds is 3. The van der Waals surface area contributed by atoms with Gasteiger partial charge < -0.3 is 15.7 Å². The molecule has 0 heterocycles. The zero-order valence-electron chi connectivity index (χ0n) is 9.87. The zero-order chi connectivity index (χ0) is 14.0. The molecule has 0 saturated heterocycles. The van der Waals surface area contributed by atoms with Crippen LogP contribution >= 0.6 is 11.6 Å². The van der Waals surface area contributed by atoms with Crippen molar-refractivity contribution in [2.24, 2.45) is 0 Å². The Bertz CT molecular complexity index is 532. The number of benzene rings is 1. The number of halogens is 2. The first-order chi connectivity index (χ1) is 8.93. The van der Waals surface area contributed by atoms with Crippen LogP contribution in [0, 0.1) is 5.82 Å². The number of amides is 2. The monoisotopic (exact) mass is 286 g/mol. The van der Waals surface area contributed by atoms with Gasteiger partial charge in [0.25, 0.3) is 0 Å². The molecule has 0 aromatic heterocycles. The van der Waals surface area contributed by atoms with Crippen molar-refractivity contribution in [3.05, 3.63) is 29.0 Å². The van der Waals surface area contributed by atoms with Crippen LogP contribution in [-0.2, 0) is 4.79 Å². The van der Waals surface area contributed by atoms with E-state index in [1.807, 2.05) is 0 Å². The second kappa shape index (κ2) is 5.05. The van der Waals surface area contributed by atoms with Gasteiger partial charge >= 0.3 is 12.0 Å². The SMILES string of the molecule is O=C(Nc1cc(F)ccc1Cl)NC1(C(=O)O)CCC1. The predicted octanol–water partition coefficient (Wildman–Crippen LogP) is 2.61. The van der Waals surface area contributed by atoms with E-state index in [2.05, 4.69) is 10.6 Å². The second-order valence-electron chi connectivity index (χ2n) is 4.44. The molecule has 102 valence electrons. The number of nitrogens with one attached hydrogen (secondary N) is 2. The van der Waals surface area contributed by atoms with E-state index in [1.165, 1.54) is 6.07 Å². The van der Waals surface area contributed by atoms with Crippen LogP contribution in [0.15, 0.2) is 18.2 Å². The summed E-state index contributed by atoms with van der Waals surface area (Å²) in [6.07, 6.45) is 1.51. The highest BCUT2D eigenvalue weighted by Crippen LogP contribution is 2.32. The Kier molecular flexibility index (Phi) is 3.61. The van der Waals surface area contributed by atoms with Crippen LogP contribution in [0.25, 0.3) is 0 Å². The van der Waals surface area contributed by atoms with Gasteiger partial charge in [-0.15, -0.1) is 0 Å². The van der Waals surface area contributed by atoms with Crippen molar-refractivity contribution < 1.29 is 19.1 Å². The Morgan fingerprint density at radius 2 is 2.05 bits per heavy atom. The molecule has 1 aromatic carbocycles. The summed E-state index contributed by atoms with van der Waals surface area (Å²) >= 11 is 5.80. The van der Waals surface area contributed by atoms with E-state index < -0.39 is 23.4 Å². The molecule has 0 bridgehead atoms. The molecule has 1 aliphatic rings. The fourth-order valence-electron chi connectivity index (χ4n) is 1.89. The van der Waals surface area contributed by atoms with Crippen molar-refractivity contribution in [1.29, 1.82) is 0 Å². The lowest BCUT2D eigenvalue weighted by Crippen LogP contribution is -2.60. The van der Waals surface area contributed by atoms with E-state index in [0.29, 0.717) is 12.8 Å². The topological polar surface area (TPSA) is 78.4 Å². The van der Waals surface area contributed by atoms with Gasteiger partial charge in [0.1, 0.15) is 11.4 Å². The quantitative estimate of drug-likeness (QED) is 0.799. The first kappa shape index (κ1) is 13.6. The molecular formula is C12H12ClFN2O3. The van der Waals surface area contributed by atoms with Gasteiger partial charge in [0.05, 0.1) is 10.7 Å². The van der Waals surface area contributed by atoms with Crippen molar-refractivity contribution in [2.75, 3.05) is 5.32 Å². The third kappa shape index (κ3) is 2.78. The average Bonchev–Trinajstić information content (AvgIpc) is 2.28. The molecule has 0 unspecified atom stereocenters. The molecule has 0 radical (unpaired) electrons. The van der Waals surface area contributed by atoms with E-state index in [9.17, 15) is 14.0 Å². The Balaban J connectivity index is 2.05. The molecular weight excluding hydrogens is 275 g/mol. The highest BCUT2D eigenvalue weighted by molar-refractivity contribution is 6.33. The summed E-state index contributed by atoms with van der Waals surface area (Å²) in [5.41, 5.74) is -1.12. The third-order valence-corrected chi connectivity index (χ3v) is 3.48. The van der Waals surface area contributed by atoms with Crippen LogP contribution in [0.4, 0.5) is 14.9 Å². The first-order valence-corrected chi connectivity index (χ1v) is 6.08. The maximum absolute atomic E-state index is 13.0. The van der Waals surface area contributed by atoms with Crippen LogP contribution in [0.2, 0.25) is 5.02 Å². The van der Waals surface area contributed by atoms with E-state index in [-0.39, 0.29) is 10.7 Å². The predicted molar refractivity (Wildman–Crippen MR) is 67.8 cm³/mol. The molecule has 0 aliphatic heterocycles. The number of carbonyl (C=O) groups is 2. The summed E-state index contributed by atoms with van der Waals surface area (Å²) in [7, 11) is 0. The van der Waals surface area contributed by atoms with E-state index in [1.54, 1.807) is 0 Å². The molecule has 7 heteroatoms. The standard InChI is InChI=1S/C12H12ClFN2O3/c13-8-3-2-7(14)6-9(8)15-11(19)16-12(10(17)18)4-1-5-12/h2-3,6H,1,4-5H2,(H,17,18)(H2,15,16,19). The molecule has 19 heavy (non-hydrogen) atoms. The van der Waals surface area contributed by atoms with Crippen molar-refractivity contribution in [2.45, 2.75) is 24.8 Å². The Labute approximate surface area is 113 Å². The summed E-state index contributed by atoms with van der Waals surface area (Å²) < 4.78 is 13.0. The van der Waals surface area contributed by atoms with E-state index >= 15 is 0 Å². The largest absolute Gasteiger partial charge is 0.480 e. The number of hydrogen-bond donors (Lipinski definition) is 3. The van der Waals surface area contributed by atoms with Gasteiger partial charge in [-0.25, -0.2) is 14.0 Å². The fraction of sp³-hybridized carbons (Fsp3) is 0.333. The van der Waals surface area contributed by atoms with E-state index in [0.717, 1.165) is 18.6 Å². The average molecular weight is 287 g/mol. The number of carboxylic acid groups (broad SMARTS) is 1. The van der Waals surface area contributed by atoms with Gasteiger partial charge in [-0.1, -0.05) is 11.6 Å². The molecule has 1 saturated carbocycles. The van der Waals surface area contributed by atoms with Crippen molar-refractivity contribution in [1.82, 2.24) is 5.32 Å². The minimum Gasteiger partial charge on any atom is -0.480 e. The van der Waals surface area contributed by atoms with Gasteiger partial charge in [-0.05, 0) is 37.5 Å². The molecule has 2 amide bonds. The maximum atomic E-state index is 13.0.